The zero-order chi connectivity index (χ0) is 23.5. The predicted molar refractivity (Wildman–Crippen MR) is 126 cm³/mol. The second-order valence-electron chi connectivity index (χ2n) is 8.13. The molecule has 1 fully saturated rings. The number of carbonyl (C=O) groups is 2. The molecule has 3 aromatic heterocycles. The third-order valence-corrected chi connectivity index (χ3v) is 6.26. The summed E-state index contributed by atoms with van der Waals surface area (Å²) in [5.74, 6) is -1.48. The summed E-state index contributed by atoms with van der Waals surface area (Å²) >= 11 is 0. The van der Waals surface area contributed by atoms with E-state index >= 15 is 0 Å². The van der Waals surface area contributed by atoms with E-state index in [0.29, 0.717) is 23.6 Å². The van der Waals surface area contributed by atoms with Gasteiger partial charge in [-0.2, -0.15) is 0 Å². The number of aliphatic hydroxyl groups excluding tert-OH is 1. The first-order valence-corrected chi connectivity index (χ1v) is 11.3. The van der Waals surface area contributed by atoms with Gasteiger partial charge in [0, 0.05) is 25.1 Å². The molecule has 4 heterocycles. The van der Waals surface area contributed by atoms with Gasteiger partial charge in [-0.25, -0.2) is 4.98 Å². The zero-order valence-electron chi connectivity index (χ0n) is 19.2. The number of aryl methyl sites for hydroxylation is 1. The van der Waals surface area contributed by atoms with Crippen LogP contribution in [-0.4, -0.2) is 67.1 Å². The number of pyridine rings is 2. The van der Waals surface area contributed by atoms with Crippen LogP contribution in [-0.2, 0) is 9.59 Å². The van der Waals surface area contributed by atoms with Crippen LogP contribution in [0.3, 0.4) is 0 Å². The highest BCUT2D eigenvalue weighted by Gasteiger charge is 2.46. The fourth-order valence-electron chi connectivity index (χ4n) is 4.53. The van der Waals surface area contributed by atoms with E-state index in [0.717, 1.165) is 31.6 Å². The van der Waals surface area contributed by atoms with Gasteiger partial charge in [0.2, 0.25) is 0 Å². The quantitative estimate of drug-likeness (QED) is 0.324. The fourth-order valence-corrected chi connectivity index (χ4v) is 4.53. The molecule has 0 bridgehead atoms. The van der Waals surface area contributed by atoms with Crippen molar-refractivity contribution in [1.82, 2.24) is 24.2 Å². The highest BCUT2D eigenvalue weighted by Crippen LogP contribution is 2.39. The monoisotopic (exact) mass is 447 g/mol. The van der Waals surface area contributed by atoms with Crippen LogP contribution >= 0.6 is 0 Å². The fraction of sp³-hybridized carbons (Fsp3) is 0.360. The minimum atomic E-state index is -0.682. The average Bonchev–Trinajstić information content (AvgIpc) is 3.30. The van der Waals surface area contributed by atoms with Gasteiger partial charge in [-0.3, -0.25) is 19.0 Å². The molecule has 0 spiro atoms. The minimum absolute atomic E-state index is 0.0859. The zero-order valence-corrected chi connectivity index (χ0v) is 19.2. The van der Waals surface area contributed by atoms with Gasteiger partial charge >= 0.3 is 0 Å². The summed E-state index contributed by atoms with van der Waals surface area (Å²) in [4.78, 5) is 38.8. The van der Waals surface area contributed by atoms with Gasteiger partial charge in [0.1, 0.15) is 11.3 Å². The molecular formula is C25H29N5O3. The van der Waals surface area contributed by atoms with E-state index in [1.165, 1.54) is 0 Å². The number of rotatable bonds is 8. The second-order valence-corrected chi connectivity index (χ2v) is 8.13. The number of likely N-dealkylation sites (tertiary alicyclic amines) is 1. The van der Waals surface area contributed by atoms with Gasteiger partial charge in [0.15, 0.2) is 5.76 Å². The van der Waals surface area contributed by atoms with Crippen molar-refractivity contribution in [3.05, 3.63) is 71.4 Å². The Morgan fingerprint density at radius 2 is 1.85 bits per heavy atom. The molecule has 1 aliphatic heterocycles. The van der Waals surface area contributed by atoms with Crippen LogP contribution in [0, 0.1) is 6.92 Å². The van der Waals surface area contributed by atoms with Crippen LogP contribution in [0.5, 0.6) is 0 Å². The number of ketones is 1. The molecule has 1 aliphatic rings. The van der Waals surface area contributed by atoms with Gasteiger partial charge in [0.25, 0.3) is 11.7 Å². The van der Waals surface area contributed by atoms with E-state index in [1.54, 1.807) is 46.9 Å². The summed E-state index contributed by atoms with van der Waals surface area (Å²) in [6.45, 7) is 9.08. The first kappa shape index (κ1) is 22.7. The summed E-state index contributed by atoms with van der Waals surface area (Å²) in [6, 6.07) is 8.40. The molecule has 1 saturated heterocycles. The Bertz CT molecular complexity index is 1200. The van der Waals surface area contributed by atoms with Crippen molar-refractivity contribution >= 4 is 23.1 Å². The molecule has 4 rings (SSSR count). The predicted octanol–water partition coefficient (Wildman–Crippen LogP) is 3.19. The third-order valence-electron chi connectivity index (χ3n) is 6.26. The van der Waals surface area contributed by atoms with E-state index < -0.39 is 17.7 Å². The van der Waals surface area contributed by atoms with Crippen molar-refractivity contribution in [2.24, 2.45) is 0 Å². The third kappa shape index (κ3) is 4.14. The van der Waals surface area contributed by atoms with Gasteiger partial charge in [0.05, 0.1) is 17.3 Å². The maximum Gasteiger partial charge on any atom is 0.295 e. The first-order valence-electron chi connectivity index (χ1n) is 11.3. The number of imidazole rings is 1. The Kier molecular flexibility index (Phi) is 6.55. The number of hydrogen-bond donors (Lipinski definition) is 1. The lowest BCUT2D eigenvalue weighted by atomic mass is 9.97. The van der Waals surface area contributed by atoms with Crippen molar-refractivity contribution in [3.8, 4) is 0 Å². The summed E-state index contributed by atoms with van der Waals surface area (Å²) in [7, 11) is 0. The lowest BCUT2D eigenvalue weighted by Crippen LogP contribution is -2.33. The average molecular weight is 448 g/mol. The van der Waals surface area contributed by atoms with Gasteiger partial charge in [-0.05, 0) is 62.8 Å². The molecule has 172 valence electrons. The number of aromatic nitrogens is 3. The Hall–Kier alpha value is -3.52. The van der Waals surface area contributed by atoms with E-state index in [4.69, 9.17) is 0 Å². The summed E-state index contributed by atoms with van der Waals surface area (Å²) in [5.41, 5.74) is 2.49. The number of Topliss-reactive ketones (excluding diaryl/α,β-unsaturated/α-hetero) is 1. The van der Waals surface area contributed by atoms with E-state index in [-0.39, 0.29) is 11.3 Å². The molecule has 3 aromatic rings. The van der Waals surface area contributed by atoms with Crippen LogP contribution in [0.4, 0.5) is 0 Å². The Morgan fingerprint density at radius 3 is 2.55 bits per heavy atom. The van der Waals surface area contributed by atoms with Gasteiger partial charge in [-0.15, -0.1) is 0 Å². The molecule has 1 N–H and O–H groups in total. The van der Waals surface area contributed by atoms with Crippen LogP contribution in [0.1, 0.15) is 43.3 Å². The van der Waals surface area contributed by atoms with Crippen molar-refractivity contribution < 1.29 is 14.7 Å². The molecule has 8 nitrogen and oxygen atoms in total. The SMILES string of the molecule is CCN(CC)CCCN1C(=O)C(=O)C(=C(O)c2c(C)nc3ccccn23)[C@@H]1c1ccncc1. The molecule has 0 unspecified atom stereocenters. The van der Waals surface area contributed by atoms with Crippen molar-refractivity contribution in [3.63, 3.8) is 0 Å². The Morgan fingerprint density at radius 1 is 1.12 bits per heavy atom. The highest BCUT2D eigenvalue weighted by molar-refractivity contribution is 6.46. The molecule has 33 heavy (non-hydrogen) atoms. The van der Waals surface area contributed by atoms with Gasteiger partial charge < -0.3 is 14.9 Å². The van der Waals surface area contributed by atoms with Crippen LogP contribution in [0.2, 0.25) is 0 Å². The van der Waals surface area contributed by atoms with E-state index in [1.807, 2.05) is 18.2 Å². The van der Waals surface area contributed by atoms with E-state index in [9.17, 15) is 14.7 Å². The molecule has 0 radical (unpaired) electrons. The number of amides is 1. The molecule has 0 aliphatic carbocycles. The summed E-state index contributed by atoms with van der Waals surface area (Å²) < 4.78 is 1.74. The van der Waals surface area contributed by atoms with Crippen molar-refractivity contribution in [2.75, 3.05) is 26.2 Å². The molecular weight excluding hydrogens is 418 g/mol. The maximum atomic E-state index is 13.2. The molecule has 0 aromatic carbocycles. The van der Waals surface area contributed by atoms with Crippen LogP contribution < -0.4 is 0 Å². The largest absolute Gasteiger partial charge is 0.505 e. The standard InChI is InChI=1S/C25H29N5O3/c1-4-28(5-2)14-8-16-30-22(18-10-12-26-13-11-18)20(24(32)25(30)33)23(31)21-17(3)27-19-9-6-7-15-29(19)21/h6-7,9-13,15,22,31H,4-5,8,14,16H2,1-3H3/t22-/m0/s1. The molecule has 8 heteroatoms. The maximum absolute atomic E-state index is 13.2. The van der Waals surface area contributed by atoms with Gasteiger partial charge in [-0.1, -0.05) is 19.9 Å². The number of carbonyl (C=O) groups excluding carboxylic acids is 2. The second kappa shape index (κ2) is 9.54. The number of hydrogen-bond acceptors (Lipinski definition) is 6. The van der Waals surface area contributed by atoms with E-state index in [2.05, 4.69) is 28.7 Å². The highest BCUT2D eigenvalue weighted by atomic mass is 16.3. The number of nitrogens with zero attached hydrogens (tertiary/aromatic N) is 5. The molecule has 1 atom stereocenters. The smallest absolute Gasteiger partial charge is 0.295 e. The molecule has 0 saturated carbocycles. The lowest BCUT2D eigenvalue weighted by molar-refractivity contribution is -0.140. The Balaban J connectivity index is 1.80. The minimum Gasteiger partial charge on any atom is -0.505 e. The lowest BCUT2D eigenvalue weighted by Gasteiger charge is -2.26. The summed E-state index contributed by atoms with van der Waals surface area (Å²) in [6.07, 6.45) is 5.77. The van der Waals surface area contributed by atoms with Crippen molar-refractivity contribution in [1.29, 1.82) is 0 Å². The Labute approximate surface area is 193 Å². The summed E-state index contributed by atoms with van der Waals surface area (Å²) in [5, 5.41) is 11.4. The topological polar surface area (TPSA) is 91.0 Å². The van der Waals surface area contributed by atoms with Crippen LogP contribution in [0.15, 0.2) is 54.5 Å². The number of fused-ring (bicyclic) bond motifs is 1. The number of aliphatic hydroxyl groups is 1. The molecule has 1 amide bonds. The van der Waals surface area contributed by atoms with Crippen molar-refractivity contribution in [2.45, 2.75) is 33.2 Å². The van der Waals surface area contributed by atoms with Crippen LogP contribution in [0.25, 0.3) is 11.4 Å². The normalized spacial score (nSPS) is 18.1. The first-order chi connectivity index (χ1) is 16.0.